The third kappa shape index (κ3) is 3.76. The van der Waals surface area contributed by atoms with E-state index in [1.807, 2.05) is 20.0 Å². The highest BCUT2D eigenvalue weighted by atomic mass is 16.5. The standard InChI is InChI=1S/C17H26N2O2/c1-5-9-18-13(3)14-6-7-15(12(2)11-14)21-16-8-10-19(4)17(16)20/h6-7,11,13,16,18H,5,8-10H2,1-4H3. The second kappa shape index (κ2) is 6.94. The summed E-state index contributed by atoms with van der Waals surface area (Å²) < 4.78 is 5.89. The fourth-order valence-electron chi connectivity index (χ4n) is 2.61. The van der Waals surface area contributed by atoms with Crippen molar-refractivity contribution in [1.82, 2.24) is 10.2 Å². The molecule has 1 heterocycles. The number of hydrogen-bond donors (Lipinski definition) is 1. The number of nitrogens with zero attached hydrogens (tertiary/aromatic N) is 1. The predicted molar refractivity (Wildman–Crippen MR) is 84.6 cm³/mol. The molecule has 4 nitrogen and oxygen atoms in total. The van der Waals surface area contributed by atoms with Crippen molar-refractivity contribution in [3.8, 4) is 5.75 Å². The lowest BCUT2D eigenvalue weighted by Gasteiger charge is -2.18. The Morgan fingerprint density at radius 2 is 2.24 bits per heavy atom. The van der Waals surface area contributed by atoms with Crippen molar-refractivity contribution >= 4 is 5.91 Å². The first kappa shape index (κ1) is 15.8. The van der Waals surface area contributed by atoms with E-state index in [9.17, 15) is 4.79 Å². The second-order valence-electron chi connectivity index (χ2n) is 5.86. The second-order valence-corrected chi connectivity index (χ2v) is 5.86. The molecule has 0 bridgehead atoms. The van der Waals surface area contributed by atoms with Gasteiger partial charge in [-0.05, 0) is 44.0 Å². The molecule has 0 spiro atoms. The molecule has 0 aromatic heterocycles. The van der Waals surface area contributed by atoms with Gasteiger partial charge in [-0.15, -0.1) is 0 Å². The van der Waals surface area contributed by atoms with Crippen molar-refractivity contribution in [2.24, 2.45) is 0 Å². The quantitative estimate of drug-likeness (QED) is 0.876. The first-order valence-corrected chi connectivity index (χ1v) is 7.78. The molecule has 1 aliphatic rings. The van der Waals surface area contributed by atoms with E-state index in [1.54, 1.807) is 4.90 Å². The molecule has 21 heavy (non-hydrogen) atoms. The zero-order valence-corrected chi connectivity index (χ0v) is 13.5. The van der Waals surface area contributed by atoms with Crippen LogP contribution in [0.2, 0.25) is 0 Å². The Morgan fingerprint density at radius 3 is 2.81 bits per heavy atom. The van der Waals surface area contributed by atoms with Crippen molar-refractivity contribution in [1.29, 1.82) is 0 Å². The Morgan fingerprint density at radius 1 is 1.48 bits per heavy atom. The molecule has 1 aromatic carbocycles. The van der Waals surface area contributed by atoms with Gasteiger partial charge in [-0.2, -0.15) is 0 Å². The van der Waals surface area contributed by atoms with Gasteiger partial charge < -0.3 is 15.0 Å². The van der Waals surface area contributed by atoms with Gasteiger partial charge in [0, 0.05) is 26.1 Å². The Balaban J connectivity index is 2.04. The molecule has 2 rings (SSSR count). The summed E-state index contributed by atoms with van der Waals surface area (Å²) in [7, 11) is 1.82. The van der Waals surface area contributed by atoms with E-state index in [-0.39, 0.29) is 12.0 Å². The minimum Gasteiger partial charge on any atom is -0.480 e. The highest BCUT2D eigenvalue weighted by molar-refractivity contribution is 5.83. The topological polar surface area (TPSA) is 41.6 Å². The van der Waals surface area contributed by atoms with E-state index in [1.165, 1.54) is 5.56 Å². The van der Waals surface area contributed by atoms with E-state index < -0.39 is 0 Å². The van der Waals surface area contributed by atoms with Crippen LogP contribution in [-0.4, -0.2) is 37.0 Å². The van der Waals surface area contributed by atoms with Gasteiger partial charge in [0.15, 0.2) is 6.10 Å². The number of amides is 1. The van der Waals surface area contributed by atoms with Crippen LogP contribution < -0.4 is 10.1 Å². The molecule has 116 valence electrons. The Hall–Kier alpha value is -1.55. The van der Waals surface area contributed by atoms with Crippen LogP contribution in [0.25, 0.3) is 0 Å². The van der Waals surface area contributed by atoms with Crippen molar-refractivity contribution in [3.05, 3.63) is 29.3 Å². The maximum absolute atomic E-state index is 11.9. The number of carbonyl (C=O) groups is 1. The number of carbonyl (C=O) groups excluding carboxylic acids is 1. The summed E-state index contributed by atoms with van der Waals surface area (Å²) in [6.07, 6.45) is 1.57. The number of benzene rings is 1. The predicted octanol–water partition coefficient (Wildman–Crippen LogP) is 2.67. The maximum Gasteiger partial charge on any atom is 0.263 e. The monoisotopic (exact) mass is 290 g/mol. The van der Waals surface area contributed by atoms with Crippen molar-refractivity contribution < 1.29 is 9.53 Å². The van der Waals surface area contributed by atoms with Crippen molar-refractivity contribution in [3.63, 3.8) is 0 Å². The minimum atomic E-state index is -0.324. The van der Waals surface area contributed by atoms with Crippen LogP contribution >= 0.6 is 0 Å². The largest absolute Gasteiger partial charge is 0.480 e. The molecule has 1 amide bonds. The molecule has 1 aromatic rings. The Kier molecular flexibility index (Phi) is 5.23. The first-order chi connectivity index (χ1) is 10.0. The van der Waals surface area contributed by atoms with Crippen molar-refractivity contribution in [2.45, 2.75) is 45.8 Å². The van der Waals surface area contributed by atoms with Crippen LogP contribution in [-0.2, 0) is 4.79 Å². The molecular formula is C17H26N2O2. The number of aryl methyl sites for hydroxylation is 1. The van der Waals surface area contributed by atoms with E-state index >= 15 is 0 Å². The zero-order chi connectivity index (χ0) is 15.4. The molecule has 4 heteroatoms. The summed E-state index contributed by atoms with van der Waals surface area (Å²) in [5, 5.41) is 3.48. The van der Waals surface area contributed by atoms with Crippen LogP contribution in [0.15, 0.2) is 18.2 Å². The Bertz CT molecular complexity index is 502. The fourth-order valence-corrected chi connectivity index (χ4v) is 2.61. The number of nitrogens with one attached hydrogen (secondary N) is 1. The first-order valence-electron chi connectivity index (χ1n) is 7.78. The van der Waals surface area contributed by atoms with Crippen molar-refractivity contribution in [2.75, 3.05) is 20.1 Å². The molecule has 1 N–H and O–H groups in total. The van der Waals surface area contributed by atoms with Gasteiger partial charge in [-0.3, -0.25) is 4.79 Å². The van der Waals surface area contributed by atoms with E-state index in [4.69, 9.17) is 4.74 Å². The van der Waals surface area contributed by atoms with E-state index in [2.05, 4.69) is 31.3 Å². The van der Waals surface area contributed by atoms with Gasteiger partial charge in [0.2, 0.25) is 0 Å². The lowest BCUT2D eigenvalue weighted by atomic mass is 10.0. The molecular weight excluding hydrogens is 264 g/mol. The SMILES string of the molecule is CCCNC(C)c1ccc(OC2CCN(C)C2=O)c(C)c1. The fraction of sp³-hybridized carbons (Fsp3) is 0.588. The van der Waals surface area contributed by atoms with Gasteiger partial charge in [-0.1, -0.05) is 19.1 Å². The summed E-state index contributed by atoms with van der Waals surface area (Å²) >= 11 is 0. The van der Waals surface area contributed by atoms with Crippen LogP contribution in [0.5, 0.6) is 5.75 Å². The third-order valence-corrected chi connectivity index (χ3v) is 4.05. The molecule has 1 fully saturated rings. The number of rotatable bonds is 6. The lowest BCUT2D eigenvalue weighted by Crippen LogP contribution is -2.29. The summed E-state index contributed by atoms with van der Waals surface area (Å²) in [5.41, 5.74) is 2.34. The summed E-state index contributed by atoms with van der Waals surface area (Å²) in [6.45, 7) is 8.16. The highest BCUT2D eigenvalue weighted by Crippen LogP contribution is 2.25. The van der Waals surface area contributed by atoms with Crippen LogP contribution in [0, 0.1) is 6.92 Å². The number of likely N-dealkylation sites (N-methyl/N-ethyl adjacent to an activating group) is 1. The number of likely N-dealkylation sites (tertiary alicyclic amines) is 1. The van der Waals surface area contributed by atoms with Crippen LogP contribution in [0.1, 0.15) is 43.9 Å². The molecule has 1 aliphatic heterocycles. The summed E-state index contributed by atoms with van der Waals surface area (Å²) in [5.74, 6) is 0.895. The molecule has 2 unspecified atom stereocenters. The average molecular weight is 290 g/mol. The summed E-state index contributed by atoms with van der Waals surface area (Å²) in [4.78, 5) is 13.6. The Labute approximate surface area is 127 Å². The van der Waals surface area contributed by atoms with E-state index in [0.29, 0.717) is 6.04 Å². The van der Waals surface area contributed by atoms with Gasteiger partial charge in [0.1, 0.15) is 5.75 Å². The summed E-state index contributed by atoms with van der Waals surface area (Å²) in [6, 6.07) is 6.54. The maximum atomic E-state index is 11.9. The molecule has 0 saturated carbocycles. The molecule has 0 aliphatic carbocycles. The van der Waals surface area contributed by atoms with Gasteiger partial charge in [0.25, 0.3) is 5.91 Å². The lowest BCUT2D eigenvalue weighted by molar-refractivity contribution is -0.132. The molecule has 2 atom stereocenters. The number of hydrogen-bond acceptors (Lipinski definition) is 3. The van der Waals surface area contributed by atoms with Crippen LogP contribution in [0.4, 0.5) is 0 Å². The average Bonchev–Trinajstić information content (AvgIpc) is 2.78. The zero-order valence-electron chi connectivity index (χ0n) is 13.5. The third-order valence-electron chi connectivity index (χ3n) is 4.05. The van der Waals surface area contributed by atoms with Crippen LogP contribution in [0.3, 0.4) is 0 Å². The highest BCUT2D eigenvalue weighted by Gasteiger charge is 2.31. The minimum absolute atomic E-state index is 0.0801. The number of ether oxygens (including phenoxy) is 1. The van der Waals surface area contributed by atoms with Gasteiger partial charge in [0.05, 0.1) is 0 Å². The van der Waals surface area contributed by atoms with Gasteiger partial charge >= 0.3 is 0 Å². The van der Waals surface area contributed by atoms with Gasteiger partial charge in [-0.25, -0.2) is 0 Å². The normalized spacial score (nSPS) is 19.9. The smallest absolute Gasteiger partial charge is 0.263 e. The van der Waals surface area contributed by atoms with E-state index in [0.717, 1.165) is 37.2 Å². The molecule has 0 radical (unpaired) electrons. The molecule has 1 saturated heterocycles.